The summed E-state index contributed by atoms with van der Waals surface area (Å²) in [5, 5.41) is 3.74. The molecule has 1 aromatic heterocycles. The first-order chi connectivity index (χ1) is 12.4. The fourth-order valence-electron chi connectivity index (χ4n) is 3.00. The molecular formula is C18H20F3N3O2. The third-order valence-electron chi connectivity index (χ3n) is 4.43. The normalized spacial score (nSPS) is 15.7. The number of hydrogen-bond donors (Lipinski definition) is 0. The summed E-state index contributed by atoms with van der Waals surface area (Å²) in [6.45, 7) is 1.55. The van der Waals surface area contributed by atoms with E-state index in [1.54, 1.807) is 0 Å². The maximum Gasteiger partial charge on any atom is 0.416 e. The minimum absolute atomic E-state index is 0.0470. The minimum Gasteiger partial charge on any atom is -0.343 e. The Morgan fingerprint density at radius 3 is 2.58 bits per heavy atom. The number of likely N-dealkylation sites (tertiary alicyclic amines) is 1. The van der Waals surface area contributed by atoms with E-state index in [0.29, 0.717) is 0 Å². The average molecular weight is 367 g/mol. The van der Waals surface area contributed by atoms with Gasteiger partial charge in [-0.2, -0.15) is 18.2 Å². The van der Waals surface area contributed by atoms with Gasteiger partial charge in [-0.25, -0.2) is 0 Å². The van der Waals surface area contributed by atoms with Crippen molar-refractivity contribution >= 4 is 5.91 Å². The highest BCUT2D eigenvalue weighted by atomic mass is 19.4. The van der Waals surface area contributed by atoms with E-state index in [-0.39, 0.29) is 36.0 Å². The van der Waals surface area contributed by atoms with Crippen LogP contribution in [0.4, 0.5) is 13.2 Å². The summed E-state index contributed by atoms with van der Waals surface area (Å²) in [4.78, 5) is 18.2. The first-order valence-corrected chi connectivity index (χ1v) is 8.71. The van der Waals surface area contributed by atoms with Crippen molar-refractivity contribution in [2.24, 2.45) is 0 Å². The Hall–Kier alpha value is -2.38. The van der Waals surface area contributed by atoms with Gasteiger partial charge in [-0.15, -0.1) is 0 Å². The molecule has 26 heavy (non-hydrogen) atoms. The first-order valence-electron chi connectivity index (χ1n) is 8.71. The number of hydrogen-bond acceptors (Lipinski definition) is 4. The highest BCUT2D eigenvalue weighted by Gasteiger charge is 2.30. The lowest BCUT2D eigenvalue weighted by molar-refractivity contribution is -0.137. The highest BCUT2D eigenvalue weighted by Crippen LogP contribution is 2.31. The van der Waals surface area contributed by atoms with Crippen molar-refractivity contribution in [3.05, 3.63) is 35.7 Å². The maximum atomic E-state index is 12.8. The van der Waals surface area contributed by atoms with E-state index in [2.05, 4.69) is 10.1 Å². The van der Waals surface area contributed by atoms with Crippen molar-refractivity contribution in [3.8, 4) is 11.4 Å². The number of aryl methyl sites for hydroxylation is 1. The minimum atomic E-state index is -4.43. The average Bonchev–Trinajstić information content (AvgIpc) is 2.92. The quantitative estimate of drug-likeness (QED) is 0.817. The molecule has 0 radical (unpaired) electrons. The molecule has 1 aliphatic rings. The van der Waals surface area contributed by atoms with Crippen LogP contribution in [0.25, 0.3) is 11.4 Å². The fraction of sp³-hybridized carbons (Fsp3) is 0.500. The van der Waals surface area contributed by atoms with Crippen LogP contribution in [0.15, 0.2) is 28.8 Å². The van der Waals surface area contributed by atoms with Crippen LogP contribution in [0.3, 0.4) is 0 Å². The van der Waals surface area contributed by atoms with Crippen LogP contribution in [0, 0.1) is 0 Å². The molecule has 0 saturated carbocycles. The molecule has 0 bridgehead atoms. The Balaban J connectivity index is 1.62. The van der Waals surface area contributed by atoms with E-state index in [9.17, 15) is 18.0 Å². The molecule has 3 rings (SSSR count). The molecule has 1 amide bonds. The predicted molar refractivity (Wildman–Crippen MR) is 88.1 cm³/mol. The first kappa shape index (κ1) is 18.4. The van der Waals surface area contributed by atoms with Crippen LogP contribution >= 0.6 is 0 Å². The van der Waals surface area contributed by atoms with Crippen LogP contribution in [-0.2, 0) is 17.4 Å². The van der Waals surface area contributed by atoms with Gasteiger partial charge in [0.2, 0.25) is 17.6 Å². The molecule has 2 aromatic rings. The summed E-state index contributed by atoms with van der Waals surface area (Å²) < 4.78 is 43.5. The van der Waals surface area contributed by atoms with Crippen molar-refractivity contribution in [2.45, 2.75) is 44.7 Å². The molecule has 0 aliphatic carbocycles. The Morgan fingerprint density at radius 2 is 1.88 bits per heavy atom. The fourth-order valence-corrected chi connectivity index (χ4v) is 3.00. The molecule has 1 fully saturated rings. The van der Waals surface area contributed by atoms with E-state index < -0.39 is 11.7 Å². The Labute approximate surface area is 149 Å². The maximum absolute atomic E-state index is 12.8. The molecular weight excluding hydrogens is 347 g/mol. The van der Waals surface area contributed by atoms with Gasteiger partial charge in [0.15, 0.2) is 0 Å². The van der Waals surface area contributed by atoms with Crippen molar-refractivity contribution < 1.29 is 22.5 Å². The van der Waals surface area contributed by atoms with Crippen LogP contribution in [0.1, 0.15) is 43.6 Å². The lowest BCUT2D eigenvalue weighted by atomic mass is 10.1. The smallest absolute Gasteiger partial charge is 0.343 e. The van der Waals surface area contributed by atoms with Crippen LogP contribution in [0.2, 0.25) is 0 Å². The summed E-state index contributed by atoms with van der Waals surface area (Å²) in [7, 11) is 0. The molecule has 0 unspecified atom stereocenters. The zero-order valence-corrected chi connectivity index (χ0v) is 14.3. The number of rotatable bonds is 4. The van der Waals surface area contributed by atoms with Gasteiger partial charge in [0.1, 0.15) is 0 Å². The Morgan fingerprint density at radius 1 is 1.15 bits per heavy atom. The lowest BCUT2D eigenvalue weighted by Crippen LogP contribution is -2.31. The molecule has 140 valence electrons. The lowest BCUT2D eigenvalue weighted by Gasteiger charge is -2.19. The highest BCUT2D eigenvalue weighted by molar-refractivity contribution is 5.76. The van der Waals surface area contributed by atoms with Gasteiger partial charge in [-0.3, -0.25) is 4.79 Å². The zero-order chi connectivity index (χ0) is 18.6. The van der Waals surface area contributed by atoms with Gasteiger partial charge in [-0.1, -0.05) is 30.1 Å². The Kier molecular flexibility index (Phi) is 5.58. The molecule has 1 saturated heterocycles. The number of nitrogens with zero attached hydrogens (tertiary/aromatic N) is 3. The molecule has 5 nitrogen and oxygen atoms in total. The van der Waals surface area contributed by atoms with Crippen molar-refractivity contribution in [3.63, 3.8) is 0 Å². The van der Waals surface area contributed by atoms with Gasteiger partial charge in [0.05, 0.1) is 5.56 Å². The van der Waals surface area contributed by atoms with Gasteiger partial charge in [0.25, 0.3) is 0 Å². The molecule has 0 atom stereocenters. The molecule has 0 spiro atoms. The van der Waals surface area contributed by atoms with Crippen molar-refractivity contribution in [2.75, 3.05) is 13.1 Å². The SMILES string of the molecule is O=C(CCc1nc(-c2cccc(C(F)(F)F)c2)no1)N1CCCCCC1. The summed E-state index contributed by atoms with van der Waals surface area (Å²) in [5.41, 5.74) is -0.536. The summed E-state index contributed by atoms with van der Waals surface area (Å²) in [5.74, 6) is 0.389. The monoisotopic (exact) mass is 367 g/mol. The van der Waals surface area contributed by atoms with E-state index >= 15 is 0 Å². The predicted octanol–water partition coefficient (Wildman–Crippen LogP) is 4.09. The molecule has 1 aromatic carbocycles. The second-order valence-electron chi connectivity index (χ2n) is 6.39. The van der Waals surface area contributed by atoms with E-state index in [0.717, 1.165) is 50.9 Å². The number of halogens is 3. The third kappa shape index (κ3) is 4.62. The number of aromatic nitrogens is 2. The number of carbonyl (C=O) groups excluding carboxylic acids is 1. The van der Waals surface area contributed by atoms with Crippen LogP contribution in [0.5, 0.6) is 0 Å². The number of alkyl halides is 3. The number of amides is 1. The second kappa shape index (κ2) is 7.88. The van der Waals surface area contributed by atoms with Crippen molar-refractivity contribution in [1.82, 2.24) is 15.0 Å². The molecule has 8 heteroatoms. The largest absolute Gasteiger partial charge is 0.416 e. The van der Waals surface area contributed by atoms with Gasteiger partial charge < -0.3 is 9.42 Å². The zero-order valence-electron chi connectivity index (χ0n) is 14.3. The number of benzene rings is 1. The van der Waals surface area contributed by atoms with E-state index in [1.807, 2.05) is 4.90 Å². The number of carbonyl (C=O) groups is 1. The van der Waals surface area contributed by atoms with Crippen molar-refractivity contribution in [1.29, 1.82) is 0 Å². The molecule has 0 N–H and O–H groups in total. The van der Waals surface area contributed by atoms with Crippen LogP contribution < -0.4 is 0 Å². The summed E-state index contributed by atoms with van der Waals surface area (Å²) in [6.07, 6.45) is 0.438. The Bertz CT molecular complexity index is 750. The molecule has 2 heterocycles. The standard InChI is InChI=1S/C18H20F3N3O2/c19-18(20,21)14-7-5-6-13(12-14)17-22-15(26-23-17)8-9-16(25)24-10-3-1-2-4-11-24/h5-7,12H,1-4,8-11H2. The van der Waals surface area contributed by atoms with Gasteiger partial charge >= 0.3 is 6.18 Å². The van der Waals surface area contributed by atoms with Crippen LogP contribution in [-0.4, -0.2) is 34.0 Å². The van der Waals surface area contributed by atoms with Gasteiger partial charge in [-0.05, 0) is 25.0 Å². The second-order valence-corrected chi connectivity index (χ2v) is 6.39. The summed E-state index contributed by atoms with van der Waals surface area (Å²) in [6, 6.07) is 4.77. The third-order valence-corrected chi connectivity index (χ3v) is 4.43. The van der Waals surface area contributed by atoms with E-state index in [4.69, 9.17) is 4.52 Å². The summed E-state index contributed by atoms with van der Waals surface area (Å²) >= 11 is 0. The van der Waals surface area contributed by atoms with E-state index in [1.165, 1.54) is 12.1 Å². The molecule has 1 aliphatic heterocycles. The topological polar surface area (TPSA) is 59.2 Å². The van der Waals surface area contributed by atoms with Gasteiger partial charge in [0, 0.05) is 31.5 Å².